The van der Waals surface area contributed by atoms with Crippen LogP contribution in [0.25, 0.3) is 6.08 Å². The van der Waals surface area contributed by atoms with E-state index >= 15 is 0 Å². The van der Waals surface area contributed by atoms with Crippen LogP contribution in [0.5, 0.6) is 5.75 Å². The molecule has 2 amide bonds. The topological polar surface area (TPSA) is 66.8 Å². The SMILES string of the molecule is CCC1=C2[C@@H](CC/C(=C/c3ccc(O)cc3Cl)CC)OC[C@@H]2[C@@H]2C(=O)N(c3ccccc3)C(=O)[C@@H]2C1. The van der Waals surface area contributed by atoms with E-state index in [0.717, 1.165) is 31.2 Å². The van der Waals surface area contributed by atoms with E-state index in [-0.39, 0.29) is 41.4 Å². The van der Waals surface area contributed by atoms with Crippen LogP contribution in [0.1, 0.15) is 51.5 Å². The molecular weight excluding hydrogens is 474 g/mol. The molecule has 0 radical (unpaired) electrons. The lowest BCUT2D eigenvalue weighted by Gasteiger charge is -2.31. The fourth-order valence-corrected chi connectivity index (χ4v) is 6.39. The maximum atomic E-state index is 13.6. The molecule has 2 fully saturated rings. The van der Waals surface area contributed by atoms with Crippen LogP contribution in [-0.4, -0.2) is 29.6 Å². The largest absolute Gasteiger partial charge is 0.508 e. The Morgan fingerprint density at radius 1 is 1.11 bits per heavy atom. The zero-order valence-electron chi connectivity index (χ0n) is 20.7. The molecule has 0 aromatic heterocycles. The number of benzene rings is 2. The van der Waals surface area contributed by atoms with Gasteiger partial charge >= 0.3 is 0 Å². The number of aromatic hydroxyl groups is 1. The van der Waals surface area contributed by atoms with Crippen molar-refractivity contribution < 1.29 is 19.4 Å². The number of phenols is 1. The van der Waals surface area contributed by atoms with Crippen molar-refractivity contribution in [2.75, 3.05) is 11.5 Å². The molecule has 4 atom stereocenters. The molecule has 5 rings (SSSR count). The minimum Gasteiger partial charge on any atom is -0.508 e. The average Bonchev–Trinajstić information content (AvgIpc) is 3.41. The lowest BCUT2D eigenvalue weighted by atomic mass is 9.69. The van der Waals surface area contributed by atoms with Crippen molar-refractivity contribution in [2.24, 2.45) is 17.8 Å². The molecule has 2 saturated heterocycles. The number of anilines is 1. The molecule has 2 aliphatic heterocycles. The number of para-hydroxylation sites is 1. The van der Waals surface area contributed by atoms with Crippen LogP contribution < -0.4 is 4.90 Å². The highest BCUT2D eigenvalue weighted by Gasteiger charge is 2.57. The summed E-state index contributed by atoms with van der Waals surface area (Å²) in [5.74, 6) is -0.687. The number of ether oxygens (including phenoxy) is 1. The normalized spacial score (nSPS) is 26.0. The van der Waals surface area contributed by atoms with Gasteiger partial charge in [-0.2, -0.15) is 0 Å². The number of hydrogen-bond acceptors (Lipinski definition) is 4. The number of allylic oxidation sites excluding steroid dienone is 2. The molecule has 0 spiro atoms. The number of carbonyl (C=O) groups excluding carboxylic acids is 2. The molecule has 0 bridgehead atoms. The average molecular weight is 506 g/mol. The van der Waals surface area contributed by atoms with Gasteiger partial charge in [0.05, 0.1) is 35.3 Å². The summed E-state index contributed by atoms with van der Waals surface area (Å²) < 4.78 is 6.32. The highest BCUT2D eigenvalue weighted by molar-refractivity contribution is 6.32. The van der Waals surface area contributed by atoms with Crippen LogP contribution in [0.3, 0.4) is 0 Å². The van der Waals surface area contributed by atoms with Crippen LogP contribution >= 0.6 is 11.6 Å². The van der Waals surface area contributed by atoms with Gasteiger partial charge in [-0.25, -0.2) is 0 Å². The number of amides is 2. The molecule has 36 heavy (non-hydrogen) atoms. The number of fused-ring (bicyclic) bond motifs is 3. The van der Waals surface area contributed by atoms with E-state index in [9.17, 15) is 14.7 Å². The Hall–Kier alpha value is -2.89. The third-order valence-electron chi connectivity index (χ3n) is 7.97. The van der Waals surface area contributed by atoms with Crippen LogP contribution in [0.2, 0.25) is 5.02 Å². The number of imide groups is 1. The summed E-state index contributed by atoms with van der Waals surface area (Å²) in [5.41, 5.74) is 5.34. The van der Waals surface area contributed by atoms with Crippen LogP contribution in [0, 0.1) is 17.8 Å². The van der Waals surface area contributed by atoms with Crippen molar-refractivity contribution in [2.45, 2.75) is 52.1 Å². The third-order valence-corrected chi connectivity index (χ3v) is 8.30. The van der Waals surface area contributed by atoms with Gasteiger partial charge < -0.3 is 9.84 Å². The minimum absolute atomic E-state index is 0.0329. The standard InChI is InChI=1S/C30H32ClNO4/c1-3-18(14-20-11-12-22(33)16-25(20)31)10-13-26-27-19(4-2)15-23-28(24(27)17-36-26)30(35)32(29(23)34)21-8-6-5-7-9-21/h5-9,11-12,14,16,23-24,26,28,33H,3-4,10,13,15,17H2,1-2H3/b18-14+/t23-,24+,26-,28-/m1/s1. The fraction of sp³-hybridized carbons (Fsp3) is 0.400. The zero-order chi connectivity index (χ0) is 25.4. The van der Waals surface area contributed by atoms with E-state index in [2.05, 4.69) is 19.9 Å². The Labute approximate surface area is 217 Å². The van der Waals surface area contributed by atoms with E-state index in [1.54, 1.807) is 12.1 Å². The molecule has 188 valence electrons. The number of carbonyl (C=O) groups is 2. The van der Waals surface area contributed by atoms with Crippen molar-refractivity contribution in [3.63, 3.8) is 0 Å². The highest BCUT2D eigenvalue weighted by Crippen LogP contribution is 2.51. The Balaban J connectivity index is 1.36. The molecule has 2 heterocycles. The maximum Gasteiger partial charge on any atom is 0.238 e. The molecule has 0 saturated carbocycles. The van der Waals surface area contributed by atoms with Crippen molar-refractivity contribution in [1.29, 1.82) is 0 Å². The van der Waals surface area contributed by atoms with Gasteiger partial charge in [-0.05, 0) is 73.6 Å². The van der Waals surface area contributed by atoms with Crippen LogP contribution in [0.15, 0.2) is 65.3 Å². The molecular formula is C30H32ClNO4. The van der Waals surface area contributed by atoms with Crippen molar-refractivity contribution >= 4 is 35.2 Å². The molecule has 6 heteroatoms. The highest BCUT2D eigenvalue weighted by atomic mass is 35.5. The number of nitrogens with zero attached hydrogens (tertiary/aromatic N) is 1. The Bertz CT molecular complexity index is 1230. The molecule has 2 aromatic rings. The minimum atomic E-state index is -0.343. The van der Waals surface area contributed by atoms with Crippen molar-refractivity contribution in [3.8, 4) is 5.75 Å². The van der Waals surface area contributed by atoms with Gasteiger partial charge in [0.2, 0.25) is 11.8 Å². The second-order valence-electron chi connectivity index (χ2n) is 9.93. The first-order valence-corrected chi connectivity index (χ1v) is 13.2. The second kappa shape index (κ2) is 10.2. The zero-order valence-corrected chi connectivity index (χ0v) is 21.5. The first-order chi connectivity index (χ1) is 17.4. The smallest absolute Gasteiger partial charge is 0.238 e. The summed E-state index contributed by atoms with van der Waals surface area (Å²) in [6.45, 7) is 4.75. The molecule has 5 nitrogen and oxygen atoms in total. The Morgan fingerprint density at radius 2 is 1.89 bits per heavy atom. The third kappa shape index (κ3) is 4.39. The quantitative estimate of drug-likeness (QED) is 0.342. The molecule has 0 unspecified atom stereocenters. The Morgan fingerprint density at radius 3 is 2.58 bits per heavy atom. The number of hydrogen-bond donors (Lipinski definition) is 1. The lowest BCUT2D eigenvalue weighted by Crippen LogP contribution is -2.34. The van der Waals surface area contributed by atoms with E-state index in [1.165, 1.54) is 21.6 Å². The summed E-state index contributed by atoms with van der Waals surface area (Å²) in [6.07, 6.45) is 6.12. The summed E-state index contributed by atoms with van der Waals surface area (Å²) in [6, 6.07) is 14.3. The van der Waals surface area contributed by atoms with E-state index < -0.39 is 0 Å². The molecule has 1 aliphatic carbocycles. The van der Waals surface area contributed by atoms with Gasteiger partial charge in [0.15, 0.2) is 0 Å². The van der Waals surface area contributed by atoms with Crippen molar-refractivity contribution in [3.05, 3.63) is 75.8 Å². The summed E-state index contributed by atoms with van der Waals surface area (Å²) in [5, 5.41) is 10.2. The van der Waals surface area contributed by atoms with Gasteiger partial charge in [0.25, 0.3) is 0 Å². The van der Waals surface area contributed by atoms with E-state index in [4.69, 9.17) is 16.3 Å². The van der Waals surface area contributed by atoms with Gasteiger partial charge in [-0.3, -0.25) is 14.5 Å². The lowest BCUT2D eigenvalue weighted by molar-refractivity contribution is -0.122. The second-order valence-corrected chi connectivity index (χ2v) is 10.3. The number of phenolic OH excluding ortho intramolecular Hbond substituents is 1. The van der Waals surface area contributed by atoms with Gasteiger partial charge in [-0.1, -0.05) is 60.9 Å². The monoisotopic (exact) mass is 505 g/mol. The summed E-state index contributed by atoms with van der Waals surface area (Å²) in [4.78, 5) is 28.3. The van der Waals surface area contributed by atoms with Gasteiger partial charge in [0.1, 0.15) is 5.75 Å². The predicted octanol–water partition coefficient (Wildman–Crippen LogP) is 6.55. The number of halogens is 1. The van der Waals surface area contributed by atoms with Gasteiger partial charge in [-0.15, -0.1) is 0 Å². The molecule has 2 aromatic carbocycles. The van der Waals surface area contributed by atoms with E-state index in [0.29, 0.717) is 23.7 Å². The fourth-order valence-electron chi connectivity index (χ4n) is 6.16. The first kappa shape index (κ1) is 24.8. The van der Waals surface area contributed by atoms with Crippen LogP contribution in [-0.2, 0) is 14.3 Å². The van der Waals surface area contributed by atoms with E-state index in [1.807, 2.05) is 36.4 Å². The molecule has 1 N–H and O–H groups in total. The van der Waals surface area contributed by atoms with Crippen molar-refractivity contribution in [1.82, 2.24) is 0 Å². The first-order valence-electron chi connectivity index (χ1n) is 12.9. The summed E-state index contributed by atoms with van der Waals surface area (Å²) >= 11 is 6.32. The van der Waals surface area contributed by atoms with Gasteiger partial charge in [0, 0.05) is 5.92 Å². The molecule has 3 aliphatic rings. The maximum absolute atomic E-state index is 13.6. The van der Waals surface area contributed by atoms with Crippen LogP contribution in [0.4, 0.5) is 5.69 Å². The summed E-state index contributed by atoms with van der Waals surface area (Å²) in [7, 11) is 0. The Kier molecular flexibility index (Phi) is 7.05. The predicted molar refractivity (Wildman–Crippen MR) is 142 cm³/mol. The number of rotatable bonds is 7.